The Morgan fingerprint density at radius 3 is 2.06 bits per heavy atom. The van der Waals surface area contributed by atoms with E-state index in [0.717, 1.165) is 16.5 Å². The summed E-state index contributed by atoms with van der Waals surface area (Å²) in [5.74, 6) is -0.927. The van der Waals surface area contributed by atoms with Crippen LogP contribution in [0.4, 0.5) is 0 Å². The number of hydrogen-bond donors (Lipinski definition) is 2. The molecule has 18 heavy (non-hydrogen) atoms. The molecule has 0 saturated heterocycles. The third-order valence-corrected chi connectivity index (χ3v) is 3.52. The summed E-state index contributed by atoms with van der Waals surface area (Å²) in [6, 6.07) is 11.9. The number of carbonyl (C=O) groups is 1. The summed E-state index contributed by atoms with van der Waals surface area (Å²) < 4.78 is 0. The molecule has 0 aliphatic heterocycles. The van der Waals surface area contributed by atoms with E-state index in [2.05, 4.69) is 0 Å². The molecule has 2 aromatic rings. The average Bonchev–Trinajstić information content (AvgIpc) is 2.29. The lowest BCUT2D eigenvalue weighted by Crippen LogP contribution is -2.53. The number of hydrogen-bond acceptors (Lipinski definition) is 2. The van der Waals surface area contributed by atoms with Crippen molar-refractivity contribution >= 4 is 16.7 Å². The van der Waals surface area contributed by atoms with Crippen molar-refractivity contribution < 1.29 is 9.90 Å². The molecule has 3 heteroatoms. The third-order valence-electron chi connectivity index (χ3n) is 3.52. The van der Waals surface area contributed by atoms with Crippen LogP contribution in [-0.4, -0.2) is 16.6 Å². The molecule has 0 fully saturated rings. The highest BCUT2D eigenvalue weighted by Gasteiger charge is 2.38. The molecule has 94 valence electrons. The van der Waals surface area contributed by atoms with Crippen LogP contribution in [0.1, 0.15) is 18.6 Å². The van der Waals surface area contributed by atoms with Crippen molar-refractivity contribution in [2.24, 2.45) is 5.73 Å². The van der Waals surface area contributed by atoms with E-state index < -0.39 is 11.5 Å². The van der Waals surface area contributed by atoms with E-state index in [0.29, 0.717) is 12.8 Å². The molecule has 0 amide bonds. The van der Waals surface area contributed by atoms with Gasteiger partial charge in [-0.05, 0) is 21.9 Å². The van der Waals surface area contributed by atoms with Gasteiger partial charge in [-0.3, -0.25) is 4.79 Å². The summed E-state index contributed by atoms with van der Waals surface area (Å²) in [4.78, 5) is 11.3. The first-order valence-electron chi connectivity index (χ1n) is 5.62. The second-order valence-corrected chi connectivity index (χ2v) is 4.75. The molecule has 3 nitrogen and oxygen atoms in total. The molecule has 0 aromatic heterocycles. The monoisotopic (exact) mass is 243 g/mol. The van der Waals surface area contributed by atoms with E-state index in [9.17, 15) is 9.90 Å². The maximum atomic E-state index is 11.3. The lowest BCUT2D eigenvalue weighted by atomic mass is 9.77. The van der Waals surface area contributed by atoms with Gasteiger partial charge < -0.3 is 10.8 Å². The van der Waals surface area contributed by atoms with Crippen molar-refractivity contribution in [3.63, 3.8) is 0 Å². The molecule has 0 spiro atoms. The lowest BCUT2D eigenvalue weighted by Gasteiger charge is -2.31. The normalized spacial score (nSPS) is 16.1. The number of nitrogens with two attached hydrogens (primary N) is 1. The Morgan fingerprint density at radius 1 is 1.11 bits per heavy atom. The summed E-state index contributed by atoms with van der Waals surface area (Å²) in [6.45, 7) is 0. The fourth-order valence-corrected chi connectivity index (χ4v) is 2.69. The zero-order valence-electron chi connectivity index (χ0n) is 9.31. The second kappa shape index (κ2) is 4.10. The van der Waals surface area contributed by atoms with Gasteiger partial charge in [0, 0.05) is 12.8 Å². The molecule has 2 aromatic carbocycles. The zero-order valence-corrected chi connectivity index (χ0v) is 9.31. The molecule has 3 N–H and O–H groups in total. The van der Waals surface area contributed by atoms with Crippen LogP contribution >= 0.6 is 0 Å². The molecule has 0 radical (unpaired) electrons. The van der Waals surface area contributed by atoms with Gasteiger partial charge in [-0.1, -0.05) is 43.8 Å². The van der Waals surface area contributed by atoms with Gasteiger partial charge in [0.25, 0.3) is 0 Å². The van der Waals surface area contributed by atoms with Crippen molar-refractivity contribution in [1.82, 2.24) is 0 Å². The first kappa shape index (κ1) is 12.6. The van der Waals surface area contributed by atoms with Crippen LogP contribution in [0.3, 0.4) is 0 Å². The van der Waals surface area contributed by atoms with Crippen LogP contribution in [0.2, 0.25) is 0 Å². The van der Waals surface area contributed by atoms with Crippen LogP contribution in [0, 0.1) is 0 Å². The number of rotatable bonds is 1. The molecule has 0 bridgehead atoms. The number of carboxylic acid groups (broad SMARTS) is 1. The van der Waals surface area contributed by atoms with Crippen LogP contribution < -0.4 is 5.73 Å². The van der Waals surface area contributed by atoms with Gasteiger partial charge in [0.1, 0.15) is 5.54 Å². The van der Waals surface area contributed by atoms with Gasteiger partial charge in [0.2, 0.25) is 0 Å². The predicted molar refractivity (Wildman–Crippen MR) is 72.6 cm³/mol. The first-order chi connectivity index (χ1) is 8.10. The van der Waals surface area contributed by atoms with E-state index in [1.54, 1.807) is 0 Å². The fraction of sp³-hybridized carbons (Fsp3) is 0.267. The van der Waals surface area contributed by atoms with Gasteiger partial charge in [-0.2, -0.15) is 0 Å². The standard InChI is InChI=1S/C14H13NO2.CH4/c15-14(13(16)17)7-10-5-1-3-9-4-2-6-11(8-14)12(9)10;/h1-6H,7-8,15H2,(H,16,17);1H4. The van der Waals surface area contributed by atoms with E-state index in [1.165, 1.54) is 5.39 Å². The molecule has 0 unspecified atom stereocenters. The number of aliphatic carboxylic acids is 1. The topological polar surface area (TPSA) is 63.3 Å². The SMILES string of the molecule is C.NC1(C(=O)O)Cc2cccc3cccc(c23)C1. The predicted octanol–water partition coefficient (Wildman–Crippen LogP) is 2.36. The summed E-state index contributed by atoms with van der Waals surface area (Å²) in [6.07, 6.45) is 0.799. The third kappa shape index (κ3) is 1.68. The highest BCUT2D eigenvalue weighted by molar-refractivity contribution is 5.93. The second-order valence-electron chi connectivity index (χ2n) is 4.75. The van der Waals surface area contributed by atoms with E-state index in [4.69, 9.17) is 5.73 Å². The first-order valence-corrected chi connectivity index (χ1v) is 5.62. The Bertz CT molecular complexity index is 578. The van der Waals surface area contributed by atoms with Gasteiger partial charge in [-0.25, -0.2) is 0 Å². The van der Waals surface area contributed by atoms with E-state index in [-0.39, 0.29) is 7.43 Å². The Morgan fingerprint density at radius 2 is 1.61 bits per heavy atom. The molecular weight excluding hydrogens is 226 g/mol. The summed E-state index contributed by atoms with van der Waals surface area (Å²) in [7, 11) is 0. The zero-order chi connectivity index (χ0) is 12.0. The van der Waals surface area contributed by atoms with Crippen molar-refractivity contribution in [3.8, 4) is 0 Å². The minimum absolute atomic E-state index is 0. The van der Waals surface area contributed by atoms with E-state index >= 15 is 0 Å². The molecular formula is C15H17NO2. The van der Waals surface area contributed by atoms with Crippen molar-refractivity contribution in [2.75, 3.05) is 0 Å². The summed E-state index contributed by atoms with van der Waals surface area (Å²) in [5.41, 5.74) is 6.90. The number of carboxylic acids is 1. The Kier molecular flexibility index (Phi) is 2.87. The minimum atomic E-state index is -1.16. The highest BCUT2D eigenvalue weighted by atomic mass is 16.4. The summed E-state index contributed by atoms with van der Waals surface area (Å²) >= 11 is 0. The fourth-order valence-electron chi connectivity index (χ4n) is 2.69. The molecule has 1 aliphatic rings. The minimum Gasteiger partial charge on any atom is -0.480 e. The smallest absolute Gasteiger partial charge is 0.324 e. The van der Waals surface area contributed by atoms with Crippen LogP contribution in [0.25, 0.3) is 10.8 Å². The van der Waals surface area contributed by atoms with Gasteiger partial charge in [0.05, 0.1) is 0 Å². The summed E-state index contributed by atoms with van der Waals surface area (Å²) in [5, 5.41) is 11.6. The number of benzene rings is 2. The van der Waals surface area contributed by atoms with Gasteiger partial charge in [-0.15, -0.1) is 0 Å². The largest absolute Gasteiger partial charge is 0.480 e. The van der Waals surface area contributed by atoms with Crippen LogP contribution in [0.5, 0.6) is 0 Å². The lowest BCUT2D eigenvalue weighted by molar-refractivity contribution is -0.143. The van der Waals surface area contributed by atoms with Crippen molar-refractivity contribution in [1.29, 1.82) is 0 Å². The van der Waals surface area contributed by atoms with Crippen LogP contribution in [0.15, 0.2) is 36.4 Å². The van der Waals surface area contributed by atoms with Gasteiger partial charge in [0.15, 0.2) is 0 Å². The molecule has 0 saturated carbocycles. The Hall–Kier alpha value is -1.87. The van der Waals surface area contributed by atoms with E-state index in [1.807, 2.05) is 36.4 Å². The maximum Gasteiger partial charge on any atom is 0.324 e. The Balaban J connectivity index is 0.00000120. The van der Waals surface area contributed by atoms with Crippen molar-refractivity contribution in [3.05, 3.63) is 47.5 Å². The molecule has 1 aliphatic carbocycles. The van der Waals surface area contributed by atoms with Gasteiger partial charge >= 0.3 is 5.97 Å². The average molecular weight is 243 g/mol. The highest BCUT2D eigenvalue weighted by Crippen LogP contribution is 2.33. The quantitative estimate of drug-likeness (QED) is 0.808. The maximum absolute atomic E-state index is 11.3. The molecule has 0 atom stereocenters. The molecule has 0 heterocycles. The molecule has 3 rings (SSSR count). The Labute approximate surface area is 106 Å². The van der Waals surface area contributed by atoms with Crippen LogP contribution in [-0.2, 0) is 17.6 Å². The van der Waals surface area contributed by atoms with Crippen molar-refractivity contribution in [2.45, 2.75) is 25.8 Å².